The number of hydrogen-bond acceptors (Lipinski definition) is 4. The monoisotopic (exact) mass is 286 g/mol. The van der Waals surface area contributed by atoms with Gasteiger partial charge in [-0.05, 0) is 18.8 Å². The van der Waals surface area contributed by atoms with Crippen LogP contribution in [0.15, 0.2) is 0 Å². The summed E-state index contributed by atoms with van der Waals surface area (Å²) in [5, 5.41) is 3.80. The summed E-state index contributed by atoms with van der Waals surface area (Å²) in [5.41, 5.74) is 0.261. The van der Waals surface area contributed by atoms with Crippen LogP contribution in [0.2, 0.25) is 0 Å². The number of piperazine rings is 1. The molecule has 0 amide bonds. The Bertz CT molecular complexity index is 267. The molecule has 2 atom stereocenters. The summed E-state index contributed by atoms with van der Waals surface area (Å²) >= 11 is 0. The van der Waals surface area contributed by atoms with Crippen molar-refractivity contribution in [1.29, 1.82) is 0 Å². The predicted molar refractivity (Wildman–Crippen MR) is 84.2 cm³/mol. The molecule has 120 valence electrons. The Morgan fingerprint density at radius 3 is 2.35 bits per heavy atom. The third-order valence-corrected chi connectivity index (χ3v) is 4.91. The van der Waals surface area contributed by atoms with Crippen LogP contribution in [-0.4, -0.2) is 63.0 Å². The van der Waals surface area contributed by atoms with Crippen LogP contribution >= 0.6 is 0 Å². The van der Waals surface area contributed by atoms with Gasteiger partial charge in [-0.25, -0.2) is 0 Å². The van der Waals surface area contributed by atoms with E-state index in [4.69, 9.17) is 9.47 Å². The van der Waals surface area contributed by atoms with Gasteiger partial charge in [-0.2, -0.15) is 0 Å². The molecular weight excluding hydrogens is 252 g/mol. The Hall–Kier alpha value is -0.160. The molecule has 0 aromatic carbocycles. The third-order valence-electron chi connectivity index (χ3n) is 4.91. The van der Waals surface area contributed by atoms with Crippen molar-refractivity contribution in [3.63, 3.8) is 0 Å². The van der Waals surface area contributed by atoms with Crippen LogP contribution < -0.4 is 5.32 Å². The third kappa shape index (κ3) is 4.42. The molecule has 4 heteroatoms. The Balaban J connectivity index is 2.77. The topological polar surface area (TPSA) is 33.7 Å². The molecule has 1 rings (SSSR count). The van der Waals surface area contributed by atoms with Gasteiger partial charge in [-0.3, -0.25) is 4.90 Å². The highest BCUT2D eigenvalue weighted by molar-refractivity contribution is 4.98. The molecular formula is C16H34N2O2. The number of nitrogens with one attached hydrogen (secondary N) is 1. The molecule has 0 aromatic rings. The van der Waals surface area contributed by atoms with Crippen LogP contribution in [0.3, 0.4) is 0 Å². The number of hydrogen-bond donors (Lipinski definition) is 1. The van der Waals surface area contributed by atoms with Crippen molar-refractivity contribution in [3.8, 4) is 0 Å². The average Bonchev–Trinajstić information content (AvgIpc) is 2.46. The van der Waals surface area contributed by atoms with Gasteiger partial charge >= 0.3 is 0 Å². The van der Waals surface area contributed by atoms with Crippen LogP contribution in [0.4, 0.5) is 0 Å². The molecule has 0 saturated carbocycles. The number of ether oxygens (including phenoxy) is 2. The Labute approximate surface area is 125 Å². The van der Waals surface area contributed by atoms with Crippen LogP contribution in [0.1, 0.15) is 40.5 Å². The summed E-state index contributed by atoms with van der Waals surface area (Å²) in [7, 11) is 3.52. The minimum absolute atomic E-state index is 0.158. The van der Waals surface area contributed by atoms with Gasteiger partial charge in [0.2, 0.25) is 0 Å². The maximum atomic E-state index is 5.57. The molecule has 4 nitrogen and oxygen atoms in total. The average molecular weight is 286 g/mol. The van der Waals surface area contributed by atoms with Crippen molar-refractivity contribution in [2.75, 3.05) is 40.5 Å². The molecule has 1 aliphatic rings. The van der Waals surface area contributed by atoms with Crippen molar-refractivity contribution >= 4 is 0 Å². The fraction of sp³-hybridized carbons (Fsp3) is 1.00. The van der Waals surface area contributed by atoms with Gasteiger partial charge in [0.15, 0.2) is 0 Å². The zero-order valence-corrected chi connectivity index (χ0v) is 14.2. The van der Waals surface area contributed by atoms with Crippen LogP contribution in [0, 0.1) is 5.92 Å². The van der Waals surface area contributed by atoms with Crippen molar-refractivity contribution in [3.05, 3.63) is 0 Å². The van der Waals surface area contributed by atoms with E-state index < -0.39 is 0 Å². The first kappa shape index (κ1) is 17.9. The van der Waals surface area contributed by atoms with E-state index in [1.807, 2.05) is 0 Å². The molecule has 1 fully saturated rings. The maximum Gasteiger partial charge on any atom is 0.0931 e. The lowest BCUT2D eigenvalue weighted by atomic mass is 9.86. The number of methoxy groups -OCH3 is 2. The molecule has 1 heterocycles. The zero-order chi connectivity index (χ0) is 15.2. The lowest BCUT2D eigenvalue weighted by Crippen LogP contribution is -2.66. The molecule has 2 unspecified atom stereocenters. The molecule has 1 aliphatic heterocycles. The highest BCUT2D eigenvalue weighted by atomic mass is 16.5. The van der Waals surface area contributed by atoms with Gasteiger partial charge in [-0.15, -0.1) is 0 Å². The Morgan fingerprint density at radius 2 is 1.90 bits per heavy atom. The smallest absolute Gasteiger partial charge is 0.0931 e. The highest BCUT2D eigenvalue weighted by Crippen LogP contribution is 2.26. The second kappa shape index (κ2) is 8.32. The highest BCUT2D eigenvalue weighted by Gasteiger charge is 2.38. The van der Waals surface area contributed by atoms with Crippen LogP contribution in [0.5, 0.6) is 0 Å². The predicted octanol–water partition coefficient (Wildman–Crippen LogP) is 2.14. The van der Waals surface area contributed by atoms with Crippen molar-refractivity contribution in [2.45, 2.75) is 58.2 Å². The second-order valence-corrected chi connectivity index (χ2v) is 6.42. The van der Waals surface area contributed by atoms with E-state index in [0.29, 0.717) is 18.6 Å². The molecule has 1 N–H and O–H groups in total. The largest absolute Gasteiger partial charge is 0.382 e. The molecule has 0 radical (unpaired) electrons. The summed E-state index contributed by atoms with van der Waals surface area (Å²) in [6.07, 6.45) is 2.50. The van der Waals surface area contributed by atoms with Crippen LogP contribution in [-0.2, 0) is 9.47 Å². The summed E-state index contributed by atoms with van der Waals surface area (Å²) < 4.78 is 10.8. The van der Waals surface area contributed by atoms with Gasteiger partial charge < -0.3 is 14.8 Å². The first-order valence-electron chi connectivity index (χ1n) is 8.02. The van der Waals surface area contributed by atoms with Gasteiger partial charge in [0.25, 0.3) is 0 Å². The van der Waals surface area contributed by atoms with E-state index >= 15 is 0 Å². The SMILES string of the molecule is CCC1(CC)CN(CC(COC)OC)C(C(C)C)CN1. The van der Waals surface area contributed by atoms with Crippen molar-refractivity contribution < 1.29 is 9.47 Å². The quantitative estimate of drug-likeness (QED) is 0.741. The molecule has 0 spiro atoms. The molecule has 1 saturated heterocycles. The van der Waals surface area contributed by atoms with Crippen LogP contribution in [0.25, 0.3) is 0 Å². The zero-order valence-electron chi connectivity index (χ0n) is 14.2. The van der Waals surface area contributed by atoms with E-state index in [2.05, 4.69) is 37.9 Å². The van der Waals surface area contributed by atoms with E-state index in [1.54, 1.807) is 14.2 Å². The second-order valence-electron chi connectivity index (χ2n) is 6.42. The van der Waals surface area contributed by atoms with Gasteiger partial charge in [0, 0.05) is 45.4 Å². The summed E-state index contributed by atoms with van der Waals surface area (Å²) in [4.78, 5) is 2.61. The number of nitrogens with zero attached hydrogens (tertiary/aromatic N) is 1. The summed E-state index contributed by atoms with van der Waals surface area (Å²) in [5.74, 6) is 0.647. The van der Waals surface area contributed by atoms with Crippen molar-refractivity contribution in [1.82, 2.24) is 10.2 Å². The van der Waals surface area contributed by atoms with E-state index in [1.165, 1.54) is 12.8 Å². The Kier molecular flexibility index (Phi) is 7.45. The Morgan fingerprint density at radius 1 is 1.25 bits per heavy atom. The summed E-state index contributed by atoms with van der Waals surface area (Å²) in [6, 6.07) is 0.579. The van der Waals surface area contributed by atoms with Gasteiger partial charge in [-0.1, -0.05) is 27.7 Å². The normalized spacial score (nSPS) is 25.1. The molecule has 20 heavy (non-hydrogen) atoms. The first-order valence-corrected chi connectivity index (χ1v) is 8.02. The minimum atomic E-state index is 0.158. The molecule has 0 bridgehead atoms. The molecule has 0 aliphatic carbocycles. The first-order chi connectivity index (χ1) is 9.51. The maximum absolute atomic E-state index is 5.57. The van der Waals surface area contributed by atoms with E-state index in [-0.39, 0.29) is 11.6 Å². The minimum Gasteiger partial charge on any atom is -0.382 e. The summed E-state index contributed by atoms with van der Waals surface area (Å²) in [6.45, 7) is 13.0. The van der Waals surface area contributed by atoms with Crippen molar-refractivity contribution in [2.24, 2.45) is 5.92 Å². The standard InChI is InChI=1S/C16H34N2O2/c1-7-16(8-2)12-18(10-14(20-6)11-19-5)15(9-17-16)13(3)4/h13-15,17H,7-12H2,1-6H3. The van der Waals surface area contributed by atoms with Gasteiger partial charge in [0.1, 0.15) is 0 Å². The lowest BCUT2D eigenvalue weighted by molar-refractivity contribution is -0.0291. The lowest BCUT2D eigenvalue weighted by Gasteiger charge is -2.49. The number of rotatable bonds is 8. The fourth-order valence-corrected chi connectivity index (χ4v) is 3.24. The van der Waals surface area contributed by atoms with E-state index in [9.17, 15) is 0 Å². The van der Waals surface area contributed by atoms with Gasteiger partial charge in [0.05, 0.1) is 12.7 Å². The fourth-order valence-electron chi connectivity index (χ4n) is 3.24. The molecule has 0 aromatic heterocycles. The van der Waals surface area contributed by atoms with E-state index in [0.717, 1.165) is 19.6 Å².